The summed E-state index contributed by atoms with van der Waals surface area (Å²) in [6.07, 6.45) is 1.41. The molecule has 4 nitrogen and oxygen atoms in total. The maximum atomic E-state index is 13.8. The van der Waals surface area contributed by atoms with Gasteiger partial charge in [0.05, 0.1) is 12.1 Å². The number of fused-ring (bicyclic) bond motifs is 1. The maximum absolute atomic E-state index is 13.8. The molecule has 0 atom stereocenters. The average molecular weight is 430 g/mol. The highest BCUT2D eigenvalue weighted by molar-refractivity contribution is 7.80. The number of nitrogens with zero attached hydrogens (tertiary/aromatic N) is 2. The van der Waals surface area contributed by atoms with Gasteiger partial charge in [-0.05, 0) is 23.7 Å². The molecule has 0 radical (unpaired) electrons. The van der Waals surface area contributed by atoms with Crippen molar-refractivity contribution in [3.8, 4) is 0 Å². The minimum atomic E-state index is -1.46. The number of aromatic nitrogens is 2. The average Bonchev–Trinajstić information content (AvgIpc) is 3.17. The summed E-state index contributed by atoms with van der Waals surface area (Å²) in [4.78, 5) is 0. The lowest BCUT2D eigenvalue weighted by Crippen LogP contribution is -2.19. The van der Waals surface area contributed by atoms with Gasteiger partial charge in [-0.3, -0.25) is 4.68 Å². The number of thiocarbonyl (C=S) groups is 1. The summed E-state index contributed by atoms with van der Waals surface area (Å²) < 4.78 is 55.6. The van der Waals surface area contributed by atoms with Crippen LogP contribution in [-0.2, 0) is 6.54 Å². The Kier molecular flexibility index (Phi) is 5.37. The van der Waals surface area contributed by atoms with Crippen LogP contribution in [0.15, 0.2) is 60.8 Å². The lowest BCUT2D eigenvalue weighted by molar-refractivity contribution is 0.431. The highest BCUT2D eigenvalue weighted by atomic mass is 32.1. The molecule has 0 amide bonds. The number of nitrogens with one attached hydrogen (secondary N) is 2. The minimum absolute atomic E-state index is 0.168. The highest BCUT2D eigenvalue weighted by Crippen LogP contribution is 2.23. The molecular weight excluding hydrogens is 416 g/mol. The molecular formula is C21H14F4N4S. The molecule has 152 valence electrons. The first-order valence-electron chi connectivity index (χ1n) is 8.83. The van der Waals surface area contributed by atoms with Crippen molar-refractivity contribution in [2.75, 3.05) is 10.6 Å². The van der Waals surface area contributed by atoms with E-state index in [1.165, 1.54) is 12.3 Å². The van der Waals surface area contributed by atoms with E-state index in [0.29, 0.717) is 5.82 Å². The minimum Gasteiger partial charge on any atom is -0.332 e. The van der Waals surface area contributed by atoms with E-state index in [4.69, 9.17) is 12.2 Å². The molecule has 0 aliphatic carbocycles. The van der Waals surface area contributed by atoms with E-state index in [1.807, 2.05) is 42.5 Å². The summed E-state index contributed by atoms with van der Waals surface area (Å²) in [7, 11) is 0. The van der Waals surface area contributed by atoms with Crippen LogP contribution >= 0.6 is 12.2 Å². The molecule has 30 heavy (non-hydrogen) atoms. The van der Waals surface area contributed by atoms with Crippen molar-refractivity contribution in [2.24, 2.45) is 0 Å². The molecule has 1 aromatic heterocycles. The monoisotopic (exact) mass is 430 g/mol. The van der Waals surface area contributed by atoms with Gasteiger partial charge >= 0.3 is 0 Å². The number of benzene rings is 3. The summed E-state index contributed by atoms with van der Waals surface area (Å²) in [6, 6.07) is 15.2. The highest BCUT2D eigenvalue weighted by Gasteiger charge is 2.19. The first-order valence-corrected chi connectivity index (χ1v) is 9.24. The summed E-state index contributed by atoms with van der Waals surface area (Å²) in [5, 5.41) is 12.3. The first kappa shape index (κ1) is 19.8. The predicted molar refractivity (Wildman–Crippen MR) is 111 cm³/mol. The smallest absolute Gasteiger partial charge is 0.176 e. The third-order valence-electron chi connectivity index (χ3n) is 4.44. The topological polar surface area (TPSA) is 41.9 Å². The molecule has 0 aliphatic heterocycles. The van der Waals surface area contributed by atoms with Crippen molar-refractivity contribution in [3.63, 3.8) is 0 Å². The molecule has 0 bridgehead atoms. The Morgan fingerprint density at radius 3 is 2.37 bits per heavy atom. The number of rotatable bonds is 4. The van der Waals surface area contributed by atoms with Crippen molar-refractivity contribution in [1.29, 1.82) is 0 Å². The standard InChI is InChI=1S/C21H14F4N4S/c22-15-10-16(23)20(25)14(19(15)24)11-29-9-8-18(28-29)27-21(30)26-17-7-3-5-12-4-1-2-6-13(12)17/h1-10H,11H2,(H2,26,27,28,30). The summed E-state index contributed by atoms with van der Waals surface area (Å²) >= 11 is 5.31. The number of anilines is 2. The Bertz CT molecular complexity index is 1220. The maximum Gasteiger partial charge on any atom is 0.176 e. The third-order valence-corrected chi connectivity index (χ3v) is 4.65. The Morgan fingerprint density at radius 1 is 0.900 bits per heavy atom. The van der Waals surface area contributed by atoms with Crippen molar-refractivity contribution >= 4 is 39.6 Å². The summed E-state index contributed by atoms with van der Waals surface area (Å²) in [6.45, 7) is -0.489. The van der Waals surface area contributed by atoms with E-state index < -0.39 is 35.4 Å². The van der Waals surface area contributed by atoms with Crippen LogP contribution in [0, 0.1) is 23.3 Å². The fourth-order valence-corrected chi connectivity index (χ4v) is 3.26. The van der Waals surface area contributed by atoms with Gasteiger partial charge in [0.1, 0.15) is 0 Å². The van der Waals surface area contributed by atoms with Crippen LogP contribution in [0.4, 0.5) is 29.1 Å². The second kappa shape index (κ2) is 8.11. The molecule has 4 rings (SSSR count). The van der Waals surface area contributed by atoms with E-state index in [1.54, 1.807) is 0 Å². The Hall–Kier alpha value is -3.46. The van der Waals surface area contributed by atoms with E-state index in [0.717, 1.165) is 21.1 Å². The summed E-state index contributed by atoms with van der Waals surface area (Å²) in [5.74, 6) is -5.53. The van der Waals surface area contributed by atoms with Crippen LogP contribution in [0.3, 0.4) is 0 Å². The fraction of sp³-hybridized carbons (Fsp3) is 0.0476. The molecule has 3 aromatic carbocycles. The molecule has 2 N–H and O–H groups in total. The number of halogens is 4. The van der Waals surface area contributed by atoms with Crippen molar-refractivity contribution < 1.29 is 17.6 Å². The molecule has 0 saturated heterocycles. The van der Waals surface area contributed by atoms with E-state index in [2.05, 4.69) is 15.7 Å². The van der Waals surface area contributed by atoms with Crippen LogP contribution in [0.25, 0.3) is 10.8 Å². The lowest BCUT2D eigenvalue weighted by atomic mass is 10.1. The van der Waals surface area contributed by atoms with Crippen molar-refractivity contribution in [2.45, 2.75) is 6.54 Å². The van der Waals surface area contributed by atoms with E-state index in [9.17, 15) is 17.6 Å². The van der Waals surface area contributed by atoms with Gasteiger partial charge in [-0.2, -0.15) is 5.10 Å². The number of hydrogen-bond donors (Lipinski definition) is 2. The van der Waals surface area contributed by atoms with Gasteiger partial charge in [0.15, 0.2) is 34.2 Å². The zero-order valence-corrected chi connectivity index (χ0v) is 16.1. The van der Waals surface area contributed by atoms with Gasteiger partial charge in [0, 0.05) is 29.4 Å². The Balaban J connectivity index is 1.48. The van der Waals surface area contributed by atoms with Crippen LogP contribution in [0.5, 0.6) is 0 Å². The van der Waals surface area contributed by atoms with Crippen LogP contribution in [0.2, 0.25) is 0 Å². The van der Waals surface area contributed by atoms with Crippen LogP contribution < -0.4 is 10.6 Å². The van der Waals surface area contributed by atoms with Crippen LogP contribution in [0.1, 0.15) is 5.56 Å². The van der Waals surface area contributed by atoms with Crippen LogP contribution in [-0.4, -0.2) is 14.9 Å². The molecule has 1 heterocycles. The second-order valence-electron chi connectivity index (χ2n) is 6.45. The molecule has 4 aromatic rings. The molecule has 9 heteroatoms. The first-order chi connectivity index (χ1) is 14.4. The largest absolute Gasteiger partial charge is 0.332 e. The molecule has 0 spiro atoms. The number of hydrogen-bond acceptors (Lipinski definition) is 2. The van der Waals surface area contributed by atoms with E-state index >= 15 is 0 Å². The van der Waals surface area contributed by atoms with Gasteiger partial charge in [-0.1, -0.05) is 36.4 Å². The summed E-state index contributed by atoms with van der Waals surface area (Å²) in [5.41, 5.74) is 0.0445. The van der Waals surface area contributed by atoms with Crippen molar-refractivity contribution in [1.82, 2.24) is 9.78 Å². The molecule has 0 aliphatic rings. The quantitative estimate of drug-likeness (QED) is 0.257. The molecule has 0 unspecified atom stereocenters. The zero-order chi connectivity index (χ0) is 21.3. The van der Waals surface area contributed by atoms with E-state index in [-0.39, 0.29) is 11.2 Å². The lowest BCUT2D eigenvalue weighted by Gasteiger charge is -2.11. The normalized spacial score (nSPS) is 10.9. The zero-order valence-electron chi connectivity index (χ0n) is 15.3. The second-order valence-corrected chi connectivity index (χ2v) is 6.86. The van der Waals surface area contributed by atoms with Gasteiger partial charge in [0.25, 0.3) is 0 Å². The fourth-order valence-electron chi connectivity index (χ4n) is 3.04. The van der Waals surface area contributed by atoms with Gasteiger partial charge < -0.3 is 10.6 Å². The Morgan fingerprint density at radius 2 is 1.60 bits per heavy atom. The predicted octanol–water partition coefficient (Wildman–Crippen LogP) is 5.45. The van der Waals surface area contributed by atoms with Gasteiger partial charge in [-0.15, -0.1) is 0 Å². The Labute approximate surface area is 174 Å². The van der Waals surface area contributed by atoms with Crippen molar-refractivity contribution in [3.05, 3.63) is 89.6 Å². The van der Waals surface area contributed by atoms with Gasteiger partial charge in [-0.25, -0.2) is 17.6 Å². The molecule has 0 saturated carbocycles. The third kappa shape index (κ3) is 3.97. The van der Waals surface area contributed by atoms with Gasteiger partial charge in [0.2, 0.25) is 0 Å². The SMILES string of the molecule is Fc1cc(F)c(F)c(Cn2ccc(NC(=S)Nc3cccc4ccccc34)n2)c1F. The molecule has 0 fully saturated rings.